The molecule has 4 rings (SSSR count). The van der Waals surface area contributed by atoms with Crippen molar-refractivity contribution < 1.29 is 9.53 Å². The maximum Gasteiger partial charge on any atom is 0.278 e. The van der Waals surface area contributed by atoms with Crippen LogP contribution < -0.4 is 15.4 Å². The van der Waals surface area contributed by atoms with Crippen LogP contribution in [0.3, 0.4) is 0 Å². The number of nitrogens with one attached hydrogen (secondary N) is 2. The highest BCUT2D eigenvalue weighted by molar-refractivity contribution is 6.03. The minimum atomic E-state index is -0.224. The van der Waals surface area contributed by atoms with Gasteiger partial charge in [-0.1, -0.05) is 24.5 Å². The highest BCUT2D eigenvalue weighted by atomic mass is 16.5. The number of carbonyl (C=O) groups is 1. The molecule has 2 N–H and O–H groups in total. The van der Waals surface area contributed by atoms with Gasteiger partial charge >= 0.3 is 0 Å². The summed E-state index contributed by atoms with van der Waals surface area (Å²) in [6.07, 6.45) is 8.55. The van der Waals surface area contributed by atoms with Gasteiger partial charge in [0.05, 0.1) is 18.3 Å². The Morgan fingerprint density at radius 3 is 2.59 bits per heavy atom. The molecule has 1 saturated carbocycles. The topological polar surface area (TPSA) is 81.1 Å². The van der Waals surface area contributed by atoms with Crippen molar-refractivity contribution in [2.75, 3.05) is 25.0 Å². The van der Waals surface area contributed by atoms with Crippen molar-refractivity contribution in [2.45, 2.75) is 57.9 Å². The molecule has 29 heavy (non-hydrogen) atoms. The zero-order chi connectivity index (χ0) is 20.1. The van der Waals surface area contributed by atoms with Crippen LogP contribution in [0.25, 0.3) is 0 Å². The zero-order valence-corrected chi connectivity index (χ0v) is 17.2. The van der Waals surface area contributed by atoms with Crippen LogP contribution in [0.5, 0.6) is 5.75 Å². The average molecular weight is 398 g/mol. The molecule has 2 fully saturated rings. The van der Waals surface area contributed by atoms with Crippen molar-refractivity contribution in [3.63, 3.8) is 0 Å². The maximum absolute atomic E-state index is 12.7. The second-order valence-electron chi connectivity index (χ2n) is 8.24. The summed E-state index contributed by atoms with van der Waals surface area (Å²) in [5.74, 6) is 1.30. The lowest BCUT2D eigenvalue weighted by atomic mass is 9.90. The minimum absolute atomic E-state index is 0.224. The fraction of sp³-hybridized carbons (Fsp3) is 0.591. The number of amides is 1. The number of hydrogen-bond acceptors (Lipinski definition) is 5. The van der Waals surface area contributed by atoms with Crippen LogP contribution in [0.2, 0.25) is 0 Å². The molecule has 156 valence electrons. The monoisotopic (exact) mass is 397 g/mol. The Morgan fingerprint density at radius 2 is 1.86 bits per heavy atom. The second kappa shape index (κ2) is 9.39. The van der Waals surface area contributed by atoms with Crippen LogP contribution in [0.1, 0.15) is 67.2 Å². The van der Waals surface area contributed by atoms with Crippen molar-refractivity contribution in [3.8, 4) is 5.75 Å². The first-order valence-corrected chi connectivity index (χ1v) is 10.9. The molecule has 1 amide bonds. The summed E-state index contributed by atoms with van der Waals surface area (Å²) >= 11 is 0. The first-order chi connectivity index (χ1) is 14.2. The Labute approximate surface area is 172 Å². The van der Waals surface area contributed by atoms with Gasteiger partial charge in [0, 0.05) is 5.69 Å². The van der Waals surface area contributed by atoms with Crippen molar-refractivity contribution >= 4 is 11.6 Å². The van der Waals surface area contributed by atoms with Crippen molar-refractivity contribution in [2.24, 2.45) is 5.92 Å². The largest absolute Gasteiger partial charge is 0.493 e. The van der Waals surface area contributed by atoms with Crippen LogP contribution >= 0.6 is 0 Å². The highest BCUT2D eigenvalue weighted by Crippen LogP contribution is 2.25. The lowest BCUT2D eigenvalue weighted by molar-refractivity contribution is 0.102. The summed E-state index contributed by atoms with van der Waals surface area (Å²) in [4.78, 5) is 12.7. The van der Waals surface area contributed by atoms with Crippen molar-refractivity contribution in [1.82, 2.24) is 20.3 Å². The molecule has 1 aliphatic carbocycles. The van der Waals surface area contributed by atoms with Gasteiger partial charge in [-0.3, -0.25) is 4.79 Å². The smallest absolute Gasteiger partial charge is 0.278 e. The van der Waals surface area contributed by atoms with Crippen LogP contribution in [0.15, 0.2) is 24.3 Å². The molecule has 0 radical (unpaired) electrons. The standard InChI is InChI=1S/C22H31N5O2/c1-16-21(25-26-27(16)19-11-13-23-14-12-19)22(28)24-18-7-9-20(10-8-18)29-15-17-5-3-2-4-6-17/h7-10,17,19,23H,2-6,11-15H2,1H3,(H,24,28). The van der Waals surface area contributed by atoms with E-state index in [1.807, 2.05) is 35.9 Å². The lowest BCUT2D eigenvalue weighted by Crippen LogP contribution is -2.30. The van der Waals surface area contributed by atoms with Gasteiger partial charge in [-0.05, 0) is 75.9 Å². The third-order valence-corrected chi connectivity index (χ3v) is 6.12. The van der Waals surface area contributed by atoms with E-state index in [9.17, 15) is 4.79 Å². The molecule has 1 aromatic carbocycles. The zero-order valence-electron chi connectivity index (χ0n) is 17.2. The molecule has 7 heteroatoms. The molecule has 1 aliphatic heterocycles. The first-order valence-electron chi connectivity index (χ1n) is 10.9. The third-order valence-electron chi connectivity index (χ3n) is 6.12. The van der Waals surface area contributed by atoms with Gasteiger partial charge in [0.1, 0.15) is 5.75 Å². The Hall–Kier alpha value is -2.41. The molecule has 0 spiro atoms. The van der Waals surface area contributed by atoms with E-state index in [-0.39, 0.29) is 5.91 Å². The normalized spacial score (nSPS) is 18.5. The minimum Gasteiger partial charge on any atom is -0.493 e. The van der Waals surface area contributed by atoms with Gasteiger partial charge < -0.3 is 15.4 Å². The number of benzene rings is 1. The van der Waals surface area contributed by atoms with Gasteiger partial charge in [-0.2, -0.15) is 0 Å². The number of hydrogen-bond donors (Lipinski definition) is 2. The Bertz CT molecular complexity index is 805. The predicted octanol–water partition coefficient (Wildman–Crippen LogP) is 3.72. The van der Waals surface area contributed by atoms with E-state index in [2.05, 4.69) is 20.9 Å². The van der Waals surface area contributed by atoms with Crippen molar-refractivity contribution in [3.05, 3.63) is 35.7 Å². The summed E-state index contributed by atoms with van der Waals surface area (Å²) < 4.78 is 7.84. The highest BCUT2D eigenvalue weighted by Gasteiger charge is 2.23. The van der Waals surface area contributed by atoms with E-state index in [0.29, 0.717) is 17.7 Å². The number of rotatable bonds is 6. The fourth-order valence-corrected chi connectivity index (χ4v) is 4.34. The molecule has 1 aromatic heterocycles. The maximum atomic E-state index is 12.7. The molecular formula is C22H31N5O2. The van der Waals surface area contributed by atoms with E-state index >= 15 is 0 Å². The average Bonchev–Trinajstić information content (AvgIpc) is 3.16. The van der Waals surface area contributed by atoms with Gasteiger partial charge in [0.2, 0.25) is 0 Å². The quantitative estimate of drug-likeness (QED) is 0.776. The summed E-state index contributed by atoms with van der Waals surface area (Å²) in [6.45, 7) is 4.64. The number of nitrogens with zero attached hydrogens (tertiary/aromatic N) is 3. The van der Waals surface area contributed by atoms with Crippen LogP contribution in [-0.2, 0) is 0 Å². The van der Waals surface area contributed by atoms with Gasteiger partial charge in [0.25, 0.3) is 5.91 Å². The SMILES string of the molecule is Cc1c(C(=O)Nc2ccc(OCC3CCCCC3)cc2)nnn1C1CCNCC1. The summed E-state index contributed by atoms with van der Waals surface area (Å²) in [5, 5.41) is 14.7. The van der Waals surface area contributed by atoms with E-state index in [1.54, 1.807) is 0 Å². The number of anilines is 1. The Morgan fingerprint density at radius 1 is 1.14 bits per heavy atom. The molecule has 2 aromatic rings. The van der Waals surface area contributed by atoms with Crippen molar-refractivity contribution in [1.29, 1.82) is 0 Å². The van der Waals surface area contributed by atoms with Crippen LogP contribution in [0.4, 0.5) is 5.69 Å². The van der Waals surface area contributed by atoms with Crippen LogP contribution in [0, 0.1) is 12.8 Å². The van der Waals surface area contributed by atoms with E-state index in [0.717, 1.165) is 49.7 Å². The number of aromatic nitrogens is 3. The summed E-state index contributed by atoms with van der Waals surface area (Å²) in [6, 6.07) is 7.89. The predicted molar refractivity (Wildman–Crippen MR) is 112 cm³/mol. The number of ether oxygens (including phenoxy) is 1. The van der Waals surface area contributed by atoms with Crippen LogP contribution in [-0.4, -0.2) is 40.6 Å². The molecule has 7 nitrogen and oxygen atoms in total. The molecule has 0 bridgehead atoms. The van der Waals surface area contributed by atoms with Gasteiger partial charge in [0.15, 0.2) is 5.69 Å². The summed E-state index contributed by atoms with van der Waals surface area (Å²) in [7, 11) is 0. The first kappa shape index (κ1) is 19.9. The van der Waals surface area contributed by atoms with Gasteiger partial charge in [-0.15, -0.1) is 5.10 Å². The number of piperidine rings is 1. The lowest BCUT2D eigenvalue weighted by Gasteiger charge is -2.23. The molecule has 0 unspecified atom stereocenters. The molecular weight excluding hydrogens is 366 g/mol. The molecule has 0 atom stereocenters. The van der Waals surface area contributed by atoms with E-state index < -0.39 is 0 Å². The summed E-state index contributed by atoms with van der Waals surface area (Å²) in [5.41, 5.74) is 1.94. The Balaban J connectivity index is 1.33. The van der Waals surface area contributed by atoms with Gasteiger partial charge in [-0.25, -0.2) is 4.68 Å². The third kappa shape index (κ3) is 4.96. The number of carbonyl (C=O) groups excluding carboxylic acids is 1. The molecule has 1 saturated heterocycles. The molecule has 2 aliphatic rings. The second-order valence-corrected chi connectivity index (χ2v) is 8.24. The molecule has 2 heterocycles. The Kier molecular flexibility index (Phi) is 6.44. The fourth-order valence-electron chi connectivity index (χ4n) is 4.34. The van der Waals surface area contributed by atoms with E-state index in [1.165, 1.54) is 32.1 Å². The van der Waals surface area contributed by atoms with E-state index in [4.69, 9.17) is 4.74 Å².